The van der Waals surface area contributed by atoms with Crippen LogP contribution in [0.3, 0.4) is 0 Å². The van der Waals surface area contributed by atoms with Crippen molar-refractivity contribution in [2.24, 2.45) is 0 Å². The Balaban J connectivity index is 1.79. The maximum Gasteiger partial charge on any atom is 0.273 e. The fourth-order valence-electron chi connectivity index (χ4n) is 2.31. The number of rotatable bonds is 3. The molecule has 3 heterocycles. The smallest absolute Gasteiger partial charge is 0.273 e. The van der Waals surface area contributed by atoms with E-state index < -0.39 is 0 Å². The Hall–Kier alpha value is -2.87. The molecule has 0 aliphatic heterocycles. The summed E-state index contributed by atoms with van der Waals surface area (Å²) < 4.78 is 11.3. The van der Waals surface area contributed by atoms with E-state index in [-0.39, 0.29) is 12.1 Å². The number of aryl methyl sites for hydroxylation is 1. The SMILES string of the molecule is Cc1nc(Cn2cnc3c(-c4ccccc4)nsc3c2=O)no1. The zero-order valence-corrected chi connectivity index (χ0v) is 12.9. The van der Waals surface area contributed by atoms with Crippen LogP contribution in [-0.4, -0.2) is 24.1 Å². The third-order valence-corrected chi connectivity index (χ3v) is 4.20. The summed E-state index contributed by atoms with van der Waals surface area (Å²) in [6, 6.07) is 9.69. The van der Waals surface area contributed by atoms with Crippen LogP contribution in [0.1, 0.15) is 11.7 Å². The molecule has 8 heteroatoms. The van der Waals surface area contributed by atoms with Gasteiger partial charge < -0.3 is 4.52 Å². The minimum absolute atomic E-state index is 0.155. The fraction of sp³-hybridized carbons (Fsp3) is 0.133. The van der Waals surface area contributed by atoms with Crippen LogP contribution in [0.25, 0.3) is 21.5 Å². The Bertz CT molecular complexity index is 1030. The summed E-state index contributed by atoms with van der Waals surface area (Å²) in [5.41, 5.74) is 2.13. The molecular weight excluding hydrogens is 314 g/mol. The molecule has 4 rings (SSSR count). The maximum atomic E-state index is 12.6. The van der Waals surface area contributed by atoms with Gasteiger partial charge in [0, 0.05) is 12.5 Å². The lowest BCUT2D eigenvalue weighted by molar-refractivity contribution is 0.386. The highest BCUT2D eigenvalue weighted by molar-refractivity contribution is 7.13. The molecule has 0 aliphatic carbocycles. The summed E-state index contributed by atoms with van der Waals surface area (Å²) in [6.45, 7) is 1.92. The lowest BCUT2D eigenvalue weighted by Gasteiger charge is -2.01. The average molecular weight is 325 g/mol. The normalized spacial score (nSPS) is 11.2. The maximum absolute atomic E-state index is 12.6. The Kier molecular flexibility index (Phi) is 3.23. The largest absolute Gasteiger partial charge is 0.340 e. The molecule has 7 nitrogen and oxygen atoms in total. The lowest BCUT2D eigenvalue weighted by atomic mass is 10.1. The summed E-state index contributed by atoms with van der Waals surface area (Å²) >= 11 is 1.16. The van der Waals surface area contributed by atoms with Gasteiger partial charge in [0.25, 0.3) is 5.56 Å². The first kappa shape index (κ1) is 13.8. The molecule has 0 radical (unpaired) electrons. The van der Waals surface area contributed by atoms with Crippen LogP contribution < -0.4 is 5.56 Å². The predicted octanol–water partition coefficient (Wildman–Crippen LogP) is 2.26. The molecule has 0 saturated carbocycles. The molecule has 0 bridgehead atoms. The summed E-state index contributed by atoms with van der Waals surface area (Å²) in [7, 11) is 0. The average Bonchev–Trinajstić information content (AvgIpc) is 3.17. The quantitative estimate of drug-likeness (QED) is 0.574. The molecule has 0 spiro atoms. The van der Waals surface area contributed by atoms with E-state index in [0.717, 1.165) is 22.8 Å². The molecule has 0 aliphatic rings. The number of aromatic nitrogens is 5. The van der Waals surface area contributed by atoms with Crippen LogP contribution in [0, 0.1) is 6.92 Å². The van der Waals surface area contributed by atoms with Crippen molar-refractivity contribution < 1.29 is 4.52 Å². The summed E-state index contributed by atoms with van der Waals surface area (Å²) in [5, 5.41) is 3.80. The molecule has 0 unspecified atom stereocenters. The Morgan fingerprint density at radius 2 is 2.09 bits per heavy atom. The van der Waals surface area contributed by atoms with E-state index in [2.05, 4.69) is 19.5 Å². The van der Waals surface area contributed by atoms with E-state index in [0.29, 0.717) is 21.9 Å². The van der Waals surface area contributed by atoms with Crippen LogP contribution in [0.15, 0.2) is 46.0 Å². The number of benzene rings is 1. The van der Waals surface area contributed by atoms with E-state index in [1.807, 2.05) is 30.3 Å². The van der Waals surface area contributed by atoms with Gasteiger partial charge in [0.15, 0.2) is 5.82 Å². The molecule has 3 aromatic heterocycles. The topological polar surface area (TPSA) is 86.7 Å². The van der Waals surface area contributed by atoms with Crippen LogP contribution in [0.4, 0.5) is 0 Å². The van der Waals surface area contributed by atoms with Gasteiger partial charge in [-0.1, -0.05) is 35.5 Å². The van der Waals surface area contributed by atoms with Crippen molar-refractivity contribution in [1.82, 2.24) is 24.1 Å². The summed E-state index contributed by atoms with van der Waals surface area (Å²) in [6.07, 6.45) is 1.50. The standard InChI is InChI=1S/C15H11N5O2S/c1-9-17-11(18-22-9)7-20-8-16-13-12(10-5-3-2-4-6-10)19-23-14(13)15(20)21/h2-6,8H,7H2,1H3. The van der Waals surface area contributed by atoms with Crippen LogP contribution in [0.2, 0.25) is 0 Å². The van der Waals surface area contributed by atoms with Gasteiger partial charge in [0.1, 0.15) is 15.9 Å². The van der Waals surface area contributed by atoms with Gasteiger partial charge in [-0.15, -0.1) is 0 Å². The van der Waals surface area contributed by atoms with Crippen LogP contribution >= 0.6 is 11.5 Å². The first-order valence-corrected chi connectivity index (χ1v) is 7.69. The number of fused-ring (bicyclic) bond motifs is 1. The molecule has 23 heavy (non-hydrogen) atoms. The van der Waals surface area contributed by atoms with E-state index in [9.17, 15) is 4.79 Å². The van der Waals surface area contributed by atoms with Gasteiger partial charge in [-0.3, -0.25) is 9.36 Å². The summed E-state index contributed by atoms with van der Waals surface area (Å²) in [4.78, 5) is 21.1. The van der Waals surface area contributed by atoms with Crippen LogP contribution in [-0.2, 0) is 6.54 Å². The van der Waals surface area contributed by atoms with Crippen molar-refractivity contribution in [3.8, 4) is 11.3 Å². The Labute approximate surface area is 134 Å². The van der Waals surface area contributed by atoms with Gasteiger partial charge in [0.2, 0.25) is 5.89 Å². The molecule has 0 atom stereocenters. The van der Waals surface area contributed by atoms with E-state index in [1.165, 1.54) is 10.9 Å². The third-order valence-electron chi connectivity index (χ3n) is 3.38. The first-order valence-electron chi connectivity index (χ1n) is 6.92. The predicted molar refractivity (Wildman–Crippen MR) is 85.2 cm³/mol. The summed E-state index contributed by atoms with van der Waals surface area (Å²) in [5.74, 6) is 0.907. The monoisotopic (exact) mass is 325 g/mol. The zero-order chi connectivity index (χ0) is 15.8. The van der Waals surface area contributed by atoms with Gasteiger partial charge in [-0.05, 0) is 11.5 Å². The van der Waals surface area contributed by atoms with Crippen molar-refractivity contribution in [2.75, 3.05) is 0 Å². The number of hydrogen-bond donors (Lipinski definition) is 0. The lowest BCUT2D eigenvalue weighted by Crippen LogP contribution is -2.20. The minimum Gasteiger partial charge on any atom is -0.340 e. The minimum atomic E-state index is -0.155. The number of hydrogen-bond acceptors (Lipinski definition) is 7. The fourth-order valence-corrected chi connectivity index (χ4v) is 3.12. The van der Waals surface area contributed by atoms with Crippen molar-refractivity contribution in [3.05, 3.63) is 58.7 Å². The molecular formula is C15H11N5O2S. The van der Waals surface area contributed by atoms with E-state index in [4.69, 9.17) is 4.52 Å². The van der Waals surface area contributed by atoms with Crippen LogP contribution in [0.5, 0.6) is 0 Å². The molecule has 0 saturated heterocycles. The van der Waals surface area contributed by atoms with Crippen molar-refractivity contribution in [1.29, 1.82) is 0 Å². The second-order valence-corrected chi connectivity index (χ2v) is 5.76. The van der Waals surface area contributed by atoms with Gasteiger partial charge in [-0.2, -0.15) is 9.36 Å². The van der Waals surface area contributed by atoms with Crippen molar-refractivity contribution in [3.63, 3.8) is 0 Å². The van der Waals surface area contributed by atoms with Gasteiger partial charge in [-0.25, -0.2) is 4.98 Å². The number of nitrogens with zero attached hydrogens (tertiary/aromatic N) is 5. The highest BCUT2D eigenvalue weighted by atomic mass is 32.1. The molecule has 114 valence electrons. The van der Waals surface area contributed by atoms with Crippen molar-refractivity contribution in [2.45, 2.75) is 13.5 Å². The highest BCUT2D eigenvalue weighted by Gasteiger charge is 2.15. The molecule has 0 fully saturated rings. The Morgan fingerprint density at radius 3 is 2.83 bits per heavy atom. The molecule has 0 amide bonds. The first-order chi connectivity index (χ1) is 11.2. The molecule has 1 aromatic carbocycles. The van der Waals surface area contributed by atoms with Gasteiger partial charge >= 0.3 is 0 Å². The van der Waals surface area contributed by atoms with E-state index in [1.54, 1.807) is 6.92 Å². The van der Waals surface area contributed by atoms with Crippen molar-refractivity contribution >= 4 is 21.7 Å². The molecule has 4 aromatic rings. The molecule has 0 N–H and O–H groups in total. The zero-order valence-electron chi connectivity index (χ0n) is 12.1. The third kappa shape index (κ3) is 2.42. The highest BCUT2D eigenvalue weighted by Crippen LogP contribution is 2.26. The second kappa shape index (κ2) is 5.40. The van der Waals surface area contributed by atoms with E-state index >= 15 is 0 Å². The Morgan fingerprint density at radius 1 is 1.26 bits per heavy atom. The van der Waals surface area contributed by atoms with Gasteiger partial charge in [0.05, 0.1) is 12.9 Å². The second-order valence-electron chi connectivity index (χ2n) is 4.98.